The maximum Gasteiger partial charge on any atom is 0.305 e. The molecule has 0 aromatic heterocycles. The molecule has 62 heavy (non-hydrogen) atoms. The largest absolute Gasteiger partial charge is 0.469 e. The molecule has 0 radical (unpaired) electrons. The van der Waals surface area contributed by atoms with Crippen molar-refractivity contribution in [2.24, 2.45) is 0 Å². The van der Waals surface area contributed by atoms with Crippen LogP contribution in [0.4, 0.5) is 0 Å². The summed E-state index contributed by atoms with van der Waals surface area (Å²) >= 11 is 0. The fourth-order valence-corrected chi connectivity index (χ4v) is 8.14. The van der Waals surface area contributed by atoms with Crippen LogP contribution in [0.25, 0.3) is 0 Å². The maximum atomic E-state index is 12.3. The molecule has 3 aliphatic heterocycles. The highest BCUT2D eigenvalue weighted by atomic mass is 16.8. The van der Waals surface area contributed by atoms with Gasteiger partial charge in [-0.3, -0.25) is 4.79 Å². The Kier molecular flexibility index (Phi) is 17.9. The van der Waals surface area contributed by atoms with Crippen LogP contribution in [-0.4, -0.2) is 92.8 Å². The summed E-state index contributed by atoms with van der Waals surface area (Å²) in [5.41, 5.74) is 3.80. The van der Waals surface area contributed by atoms with Crippen LogP contribution in [0.15, 0.2) is 121 Å². The molecule has 1 N–H and O–H groups in total. The molecule has 3 aliphatic rings. The van der Waals surface area contributed by atoms with E-state index in [2.05, 4.69) is 0 Å². The van der Waals surface area contributed by atoms with Crippen LogP contribution in [0.3, 0.4) is 0 Å². The zero-order valence-electron chi connectivity index (χ0n) is 35.8. The van der Waals surface area contributed by atoms with Gasteiger partial charge in [-0.05, 0) is 36.5 Å². The van der Waals surface area contributed by atoms with E-state index in [0.717, 1.165) is 60.8 Å². The zero-order chi connectivity index (χ0) is 42.9. The van der Waals surface area contributed by atoms with E-state index in [9.17, 15) is 9.90 Å². The van der Waals surface area contributed by atoms with Gasteiger partial charge >= 0.3 is 5.97 Å². The van der Waals surface area contributed by atoms with E-state index < -0.39 is 67.7 Å². The summed E-state index contributed by atoms with van der Waals surface area (Å²) in [6, 6.07) is 39.5. The van der Waals surface area contributed by atoms with E-state index in [0.29, 0.717) is 26.2 Å². The van der Waals surface area contributed by atoms with Gasteiger partial charge in [0.1, 0.15) is 42.7 Å². The first-order valence-electron chi connectivity index (χ1n) is 22.1. The number of ether oxygens (including phenoxy) is 10. The van der Waals surface area contributed by atoms with Crippen molar-refractivity contribution >= 4 is 5.97 Å². The van der Waals surface area contributed by atoms with Gasteiger partial charge in [0.25, 0.3) is 0 Å². The molecule has 0 spiro atoms. The van der Waals surface area contributed by atoms with Gasteiger partial charge < -0.3 is 52.5 Å². The number of fused-ring (bicyclic) bond motifs is 1. The molecule has 0 aliphatic carbocycles. The van der Waals surface area contributed by atoms with E-state index in [4.69, 9.17) is 47.4 Å². The third kappa shape index (κ3) is 13.0. The molecule has 334 valence electrons. The molecule has 12 nitrogen and oxygen atoms in total. The van der Waals surface area contributed by atoms with Crippen molar-refractivity contribution in [2.45, 2.75) is 139 Å². The van der Waals surface area contributed by atoms with Crippen LogP contribution in [0.5, 0.6) is 0 Å². The fourth-order valence-electron chi connectivity index (χ4n) is 8.14. The molecule has 0 amide bonds. The lowest BCUT2D eigenvalue weighted by Crippen LogP contribution is -2.66. The molecule has 3 heterocycles. The summed E-state index contributed by atoms with van der Waals surface area (Å²) in [6.07, 6.45) is -2.96. The second-order valence-electron chi connectivity index (χ2n) is 16.1. The number of carbonyl (C=O) groups excluding carboxylic acids is 1. The number of carbonyl (C=O) groups is 1. The van der Waals surface area contributed by atoms with E-state index in [1.165, 1.54) is 7.11 Å². The normalized spacial score (nSPS) is 28.5. The van der Waals surface area contributed by atoms with Crippen LogP contribution < -0.4 is 0 Å². The predicted molar refractivity (Wildman–Crippen MR) is 229 cm³/mol. The predicted octanol–water partition coefficient (Wildman–Crippen LogP) is 7.99. The van der Waals surface area contributed by atoms with Crippen molar-refractivity contribution in [3.63, 3.8) is 0 Å². The molecule has 4 aromatic rings. The quantitative estimate of drug-likeness (QED) is 0.0608. The number of hydrogen-bond donors (Lipinski definition) is 1. The van der Waals surface area contributed by atoms with Crippen molar-refractivity contribution in [2.75, 3.05) is 20.3 Å². The van der Waals surface area contributed by atoms with Crippen LogP contribution in [0.2, 0.25) is 0 Å². The Labute approximate surface area is 365 Å². The molecule has 3 saturated heterocycles. The molecule has 4 aromatic carbocycles. The Morgan fingerprint density at radius 1 is 0.597 bits per heavy atom. The van der Waals surface area contributed by atoms with Crippen molar-refractivity contribution in [3.05, 3.63) is 144 Å². The Morgan fingerprint density at radius 3 is 1.73 bits per heavy atom. The zero-order valence-corrected chi connectivity index (χ0v) is 35.8. The van der Waals surface area contributed by atoms with Crippen molar-refractivity contribution in [1.82, 2.24) is 0 Å². The Hall–Kier alpha value is -4.05. The summed E-state index contributed by atoms with van der Waals surface area (Å²) in [6.45, 7) is 3.39. The van der Waals surface area contributed by atoms with Gasteiger partial charge in [0.05, 0.1) is 39.6 Å². The first-order chi connectivity index (χ1) is 30.5. The third-order valence-corrected chi connectivity index (χ3v) is 11.5. The highest BCUT2D eigenvalue weighted by Crippen LogP contribution is 2.38. The first kappa shape index (κ1) is 46.0. The van der Waals surface area contributed by atoms with Crippen molar-refractivity contribution in [1.29, 1.82) is 0 Å². The number of hydrogen-bond acceptors (Lipinski definition) is 12. The summed E-state index contributed by atoms with van der Waals surface area (Å²) in [5, 5.41) is 12.3. The van der Waals surface area contributed by atoms with E-state index >= 15 is 0 Å². The molecule has 1 unspecified atom stereocenters. The smallest absolute Gasteiger partial charge is 0.305 e. The molecular weight excluding hydrogens is 793 g/mol. The van der Waals surface area contributed by atoms with Crippen LogP contribution >= 0.6 is 0 Å². The Bertz CT molecular complexity index is 1850. The van der Waals surface area contributed by atoms with Gasteiger partial charge in [0, 0.05) is 18.6 Å². The van der Waals surface area contributed by atoms with Crippen LogP contribution in [0.1, 0.15) is 80.4 Å². The number of methoxy groups -OCH3 is 1. The second-order valence-corrected chi connectivity index (χ2v) is 16.1. The molecule has 0 saturated carbocycles. The maximum absolute atomic E-state index is 12.3. The minimum absolute atomic E-state index is 0.176. The highest BCUT2D eigenvalue weighted by Gasteiger charge is 2.54. The molecule has 7 rings (SSSR count). The average Bonchev–Trinajstić information content (AvgIpc) is 3.31. The molecular formula is C50H62O12. The SMILES string of the molecule is COC(=O)CCCCCCCCO[C@@H]1O[C@@H]2COC(c3ccccc3)O[C@@H]2[C@H](O)[C@H]1O[C@@H]1O[C@@H](C)[C@@H](OCc2ccccc2)[C@@H](OCc2ccccc2)[C@@H]1OCc1ccccc1. The van der Waals surface area contributed by atoms with Gasteiger partial charge in [-0.25, -0.2) is 0 Å². The van der Waals surface area contributed by atoms with Crippen LogP contribution in [-0.2, 0) is 72.0 Å². The lowest BCUT2D eigenvalue weighted by molar-refractivity contribution is -0.396. The number of rotatable bonds is 22. The number of aliphatic hydroxyl groups excluding tert-OH is 1. The molecule has 12 heteroatoms. The third-order valence-electron chi connectivity index (χ3n) is 11.5. The van der Waals surface area contributed by atoms with E-state index in [1.54, 1.807) is 0 Å². The Balaban J connectivity index is 1.11. The molecule has 11 atom stereocenters. The lowest BCUT2D eigenvalue weighted by Gasteiger charge is -2.50. The van der Waals surface area contributed by atoms with Gasteiger partial charge in [-0.1, -0.05) is 147 Å². The van der Waals surface area contributed by atoms with Gasteiger partial charge in [0.15, 0.2) is 18.9 Å². The second kappa shape index (κ2) is 24.1. The summed E-state index contributed by atoms with van der Waals surface area (Å²) < 4.78 is 64.2. The summed E-state index contributed by atoms with van der Waals surface area (Å²) in [7, 11) is 1.42. The number of unbranched alkanes of at least 4 members (excludes halogenated alkanes) is 5. The fraction of sp³-hybridized carbons (Fsp3) is 0.500. The van der Waals surface area contributed by atoms with E-state index in [1.807, 2.05) is 128 Å². The standard InChI is InChI=1S/C50H62O12/c1-35-43(55-31-36-21-11-7-12-22-36)46(56-32-37-23-13-8-14-24-37)47(57-33-38-25-15-9-16-26-38)50(59-35)62-45-42(52)44-40(34-58-48(61-44)39-27-17-10-18-28-39)60-49(45)54-30-20-6-4-3-5-19-29-41(51)53-2/h7-18,21-28,35,40,42-50,52H,3-6,19-20,29-34H2,1-2H3/t35-,40+,42-,43+,44-,45+,46+,47-,48?,49+,50-/m0/s1. The van der Waals surface area contributed by atoms with Crippen molar-refractivity contribution < 1.29 is 57.3 Å². The average molecular weight is 855 g/mol. The summed E-state index contributed by atoms with van der Waals surface area (Å²) in [5.74, 6) is -0.176. The molecule has 0 bridgehead atoms. The monoisotopic (exact) mass is 854 g/mol. The minimum Gasteiger partial charge on any atom is -0.469 e. The van der Waals surface area contributed by atoms with Crippen LogP contribution in [0, 0.1) is 0 Å². The summed E-state index contributed by atoms with van der Waals surface area (Å²) in [4.78, 5) is 11.5. The number of aliphatic hydroxyl groups is 1. The van der Waals surface area contributed by atoms with E-state index in [-0.39, 0.29) is 19.2 Å². The van der Waals surface area contributed by atoms with Gasteiger partial charge in [0.2, 0.25) is 0 Å². The van der Waals surface area contributed by atoms with Gasteiger partial charge in [-0.2, -0.15) is 0 Å². The first-order valence-corrected chi connectivity index (χ1v) is 22.1. The van der Waals surface area contributed by atoms with Crippen molar-refractivity contribution in [3.8, 4) is 0 Å². The topological polar surface area (TPSA) is 130 Å². The molecule has 3 fully saturated rings. The number of benzene rings is 4. The lowest BCUT2D eigenvalue weighted by atomic mass is 9.96. The minimum atomic E-state index is -1.19. The van der Waals surface area contributed by atoms with Gasteiger partial charge in [-0.15, -0.1) is 0 Å². The highest BCUT2D eigenvalue weighted by molar-refractivity contribution is 5.68. The Morgan fingerprint density at radius 2 is 1.13 bits per heavy atom. The number of esters is 1.